The van der Waals surface area contributed by atoms with Gasteiger partial charge in [0.25, 0.3) is 0 Å². The molecule has 0 radical (unpaired) electrons. The fourth-order valence-electron chi connectivity index (χ4n) is 2.47. The number of rotatable bonds is 4. The Kier molecular flexibility index (Phi) is 4.18. The highest BCUT2D eigenvalue weighted by Gasteiger charge is 2.22. The highest BCUT2D eigenvalue weighted by molar-refractivity contribution is 5.59. The van der Waals surface area contributed by atoms with Crippen molar-refractivity contribution in [3.8, 4) is 6.07 Å². The van der Waals surface area contributed by atoms with Crippen molar-refractivity contribution < 1.29 is 0 Å². The van der Waals surface area contributed by atoms with Crippen molar-refractivity contribution in [2.24, 2.45) is 7.05 Å². The number of anilines is 2. The van der Waals surface area contributed by atoms with Crippen molar-refractivity contribution in [1.29, 1.82) is 5.26 Å². The van der Waals surface area contributed by atoms with Crippen LogP contribution in [0.1, 0.15) is 30.7 Å². The molecule has 1 heterocycles. The second kappa shape index (κ2) is 5.88. The van der Waals surface area contributed by atoms with E-state index >= 15 is 0 Å². The SMILES string of the molecule is Cc1nn(C)c(N(Cc2ccccc2N)C(C)C)c1C#N. The molecule has 2 N–H and O–H groups in total. The first-order valence-electron chi connectivity index (χ1n) is 6.99. The minimum absolute atomic E-state index is 0.228. The van der Waals surface area contributed by atoms with Gasteiger partial charge in [0.1, 0.15) is 17.5 Å². The first kappa shape index (κ1) is 14.9. The van der Waals surface area contributed by atoms with Crippen molar-refractivity contribution in [2.45, 2.75) is 33.4 Å². The summed E-state index contributed by atoms with van der Waals surface area (Å²) in [6, 6.07) is 10.3. The molecule has 110 valence electrons. The van der Waals surface area contributed by atoms with Crippen molar-refractivity contribution >= 4 is 11.5 Å². The molecule has 0 spiro atoms. The lowest BCUT2D eigenvalue weighted by molar-refractivity contribution is 0.634. The summed E-state index contributed by atoms with van der Waals surface area (Å²) < 4.78 is 1.77. The Morgan fingerprint density at radius 2 is 2.05 bits per heavy atom. The van der Waals surface area contributed by atoms with Gasteiger partial charge < -0.3 is 10.6 Å². The molecule has 0 unspecified atom stereocenters. The number of nitrogens with two attached hydrogens (primary N) is 1. The molecule has 0 atom stereocenters. The Balaban J connectivity index is 2.46. The van der Waals surface area contributed by atoms with Gasteiger partial charge >= 0.3 is 0 Å². The second-order valence-corrected chi connectivity index (χ2v) is 5.44. The molecular weight excluding hydrogens is 262 g/mol. The fourth-order valence-corrected chi connectivity index (χ4v) is 2.47. The number of nitrogens with zero attached hydrogens (tertiary/aromatic N) is 4. The van der Waals surface area contributed by atoms with Gasteiger partial charge in [0, 0.05) is 25.3 Å². The van der Waals surface area contributed by atoms with Crippen LogP contribution in [0.15, 0.2) is 24.3 Å². The van der Waals surface area contributed by atoms with Crippen LogP contribution >= 0.6 is 0 Å². The van der Waals surface area contributed by atoms with Crippen LogP contribution in [0.2, 0.25) is 0 Å². The summed E-state index contributed by atoms with van der Waals surface area (Å²) in [5, 5.41) is 13.8. The van der Waals surface area contributed by atoms with Crippen LogP contribution in [-0.2, 0) is 13.6 Å². The fraction of sp³-hybridized carbons (Fsp3) is 0.375. The van der Waals surface area contributed by atoms with Crippen LogP contribution < -0.4 is 10.6 Å². The van der Waals surface area contributed by atoms with Crippen LogP contribution in [0.25, 0.3) is 0 Å². The van der Waals surface area contributed by atoms with E-state index in [2.05, 4.69) is 29.9 Å². The predicted molar refractivity (Wildman–Crippen MR) is 84.8 cm³/mol. The number of nitriles is 1. The van der Waals surface area contributed by atoms with E-state index in [0.29, 0.717) is 12.1 Å². The summed E-state index contributed by atoms with van der Waals surface area (Å²) in [5.41, 5.74) is 9.24. The van der Waals surface area contributed by atoms with Gasteiger partial charge in [0.2, 0.25) is 0 Å². The summed E-state index contributed by atoms with van der Waals surface area (Å²) in [4.78, 5) is 2.16. The number of para-hydroxylation sites is 1. The second-order valence-electron chi connectivity index (χ2n) is 5.44. The third-order valence-corrected chi connectivity index (χ3v) is 3.59. The van der Waals surface area contributed by atoms with Crippen LogP contribution in [0.5, 0.6) is 0 Å². The molecule has 0 aliphatic carbocycles. The third-order valence-electron chi connectivity index (χ3n) is 3.59. The Labute approximate surface area is 125 Å². The minimum Gasteiger partial charge on any atom is -0.398 e. The van der Waals surface area contributed by atoms with Crippen molar-refractivity contribution in [1.82, 2.24) is 9.78 Å². The lowest BCUT2D eigenvalue weighted by atomic mass is 10.1. The molecule has 0 saturated heterocycles. The molecule has 0 amide bonds. The van der Waals surface area contributed by atoms with E-state index in [0.717, 1.165) is 22.8 Å². The van der Waals surface area contributed by atoms with Gasteiger partial charge in [-0.25, -0.2) is 0 Å². The molecule has 2 aromatic rings. The molecule has 1 aromatic heterocycles. The number of benzene rings is 1. The highest BCUT2D eigenvalue weighted by Crippen LogP contribution is 2.27. The summed E-state index contributed by atoms with van der Waals surface area (Å²) in [5.74, 6) is 0.841. The monoisotopic (exact) mass is 283 g/mol. The Morgan fingerprint density at radius 3 is 2.62 bits per heavy atom. The molecule has 5 heteroatoms. The van der Waals surface area contributed by atoms with E-state index in [1.54, 1.807) is 4.68 Å². The number of nitrogen functional groups attached to an aromatic ring is 1. The minimum atomic E-state index is 0.228. The smallest absolute Gasteiger partial charge is 0.145 e. The molecule has 0 aliphatic heterocycles. The molecule has 0 fully saturated rings. The van der Waals surface area contributed by atoms with Gasteiger partial charge in [0.05, 0.1) is 5.69 Å². The van der Waals surface area contributed by atoms with E-state index in [9.17, 15) is 5.26 Å². The van der Waals surface area contributed by atoms with Gasteiger partial charge in [-0.2, -0.15) is 10.4 Å². The van der Waals surface area contributed by atoms with Crippen LogP contribution in [0.4, 0.5) is 11.5 Å². The zero-order valence-corrected chi connectivity index (χ0v) is 13.0. The summed E-state index contributed by atoms with van der Waals surface area (Å²) >= 11 is 0. The quantitative estimate of drug-likeness (QED) is 0.875. The average molecular weight is 283 g/mol. The van der Waals surface area contributed by atoms with E-state index in [4.69, 9.17) is 5.73 Å². The normalized spacial score (nSPS) is 10.7. The number of hydrogen-bond donors (Lipinski definition) is 1. The molecule has 5 nitrogen and oxygen atoms in total. The van der Waals surface area contributed by atoms with Crippen molar-refractivity contribution in [3.05, 3.63) is 41.1 Å². The molecule has 0 bridgehead atoms. The van der Waals surface area contributed by atoms with Gasteiger partial charge in [-0.05, 0) is 32.4 Å². The molecular formula is C16H21N5. The average Bonchev–Trinajstić information content (AvgIpc) is 2.71. The zero-order chi connectivity index (χ0) is 15.6. The molecule has 21 heavy (non-hydrogen) atoms. The number of aryl methyl sites for hydroxylation is 2. The zero-order valence-electron chi connectivity index (χ0n) is 13.0. The summed E-state index contributed by atoms with van der Waals surface area (Å²) in [6.07, 6.45) is 0. The maximum Gasteiger partial charge on any atom is 0.145 e. The molecule has 1 aromatic carbocycles. The number of aromatic nitrogens is 2. The van der Waals surface area contributed by atoms with Gasteiger partial charge in [-0.1, -0.05) is 18.2 Å². The van der Waals surface area contributed by atoms with Crippen molar-refractivity contribution in [3.63, 3.8) is 0 Å². The Morgan fingerprint density at radius 1 is 1.38 bits per heavy atom. The number of hydrogen-bond acceptors (Lipinski definition) is 4. The predicted octanol–water partition coefficient (Wildman–Crippen LogP) is 2.60. The van der Waals surface area contributed by atoms with Gasteiger partial charge in [0.15, 0.2) is 0 Å². The van der Waals surface area contributed by atoms with E-state index < -0.39 is 0 Å². The molecule has 2 rings (SSSR count). The van der Waals surface area contributed by atoms with Gasteiger partial charge in [-0.15, -0.1) is 0 Å². The van der Waals surface area contributed by atoms with Gasteiger partial charge in [-0.3, -0.25) is 4.68 Å². The largest absolute Gasteiger partial charge is 0.398 e. The lowest BCUT2D eigenvalue weighted by Crippen LogP contribution is -2.32. The molecule has 0 saturated carbocycles. The highest BCUT2D eigenvalue weighted by atomic mass is 15.4. The van der Waals surface area contributed by atoms with E-state index in [1.807, 2.05) is 38.2 Å². The van der Waals surface area contributed by atoms with Crippen LogP contribution in [-0.4, -0.2) is 15.8 Å². The summed E-state index contributed by atoms with van der Waals surface area (Å²) in [7, 11) is 1.87. The third kappa shape index (κ3) is 2.84. The van der Waals surface area contributed by atoms with Crippen molar-refractivity contribution in [2.75, 3.05) is 10.6 Å². The van der Waals surface area contributed by atoms with Crippen LogP contribution in [0.3, 0.4) is 0 Å². The van der Waals surface area contributed by atoms with E-state index in [1.165, 1.54) is 0 Å². The molecule has 0 aliphatic rings. The Bertz CT molecular complexity index is 678. The maximum atomic E-state index is 9.41. The Hall–Kier alpha value is -2.48. The topological polar surface area (TPSA) is 70.9 Å². The standard InChI is InChI=1S/C16H21N5/c1-11(2)21(10-13-7-5-6-8-15(13)18)16-14(9-17)12(3)19-20(16)4/h5-8,11H,10,18H2,1-4H3. The van der Waals surface area contributed by atoms with Crippen LogP contribution in [0, 0.1) is 18.3 Å². The van der Waals surface area contributed by atoms with E-state index in [-0.39, 0.29) is 6.04 Å². The first-order valence-corrected chi connectivity index (χ1v) is 6.99. The lowest BCUT2D eigenvalue weighted by Gasteiger charge is -2.29. The maximum absolute atomic E-state index is 9.41. The first-order chi connectivity index (χ1) is 9.95. The summed E-state index contributed by atoms with van der Waals surface area (Å²) in [6.45, 7) is 6.71.